The summed E-state index contributed by atoms with van der Waals surface area (Å²) in [4.78, 5) is 0. The van der Waals surface area contributed by atoms with E-state index in [9.17, 15) is 0 Å². The van der Waals surface area contributed by atoms with Crippen molar-refractivity contribution < 1.29 is 9.84 Å². The van der Waals surface area contributed by atoms with Crippen LogP contribution < -0.4 is 4.74 Å². The predicted octanol–water partition coefficient (Wildman–Crippen LogP) is 2.77. The molecule has 0 unspecified atom stereocenters. The molecule has 3 heteroatoms. The number of benzene rings is 1. The number of rotatable bonds is 4. The van der Waals surface area contributed by atoms with Gasteiger partial charge in [0.15, 0.2) is 0 Å². The number of methoxy groups -OCH3 is 1. The summed E-state index contributed by atoms with van der Waals surface area (Å²) < 4.78 is 6.09. The molecule has 0 amide bonds. The van der Waals surface area contributed by atoms with E-state index in [0.717, 1.165) is 23.1 Å². The summed E-state index contributed by atoms with van der Waals surface area (Å²) in [7, 11) is 1.65. The molecule has 0 saturated heterocycles. The van der Waals surface area contributed by atoms with Gasteiger partial charge in [-0.1, -0.05) is 6.07 Å². The molecule has 0 aromatic heterocycles. The Labute approximate surface area is 93.0 Å². The van der Waals surface area contributed by atoms with Gasteiger partial charge in [-0.05, 0) is 53.4 Å². The Morgan fingerprint density at radius 3 is 2.71 bits per heavy atom. The monoisotopic (exact) mass is 258 g/mol. The second kappa shape index (κ2) is 5.37. The lowest BCUT2D eigenvalue weighted by Gasteiger charge is -2.07. The van der Waals surface area contributed by atoms with E-state index >= 15 is 0 Å². The molecule has 0 fully saturated rings. The van der Waals surface area contributed by atoms with Crippen molar-refractivity contribution in [3.8, 4) is 5.75 Å². The van der Waals surface area contributed by atoms with Crippen molar-refractivity contribution in [2.24, 2.45) is 0 Å². The Kier molecular flexibility index (Phi) is 4.42. The molecule has 78 valence electrons. The van der Waals surface area contributed by atoms with Crippen molar-refractivity contribution in [3.05, 3.63) is 28.2 Å². The first-order valence-electron chi connectivity index (χ1n) is 4.64. The molecule has 0 bridgehead atoms. The third-order valence-electron chi connectivity index (χ3n) is 2.07. The third kappa shape index (κ3) is 3.31. The first-order valence-corrected chi connectivity index (χ1v) is 5.43. The summed E-state index contributed by atoms with van der Waals surface area (Å²) in [6.45, 7) is 1.80. The quantitative estimate of drug-likeness (QED) is 0.900. The van der Waals surface area contributed by atoms with Gasteiger partial charge in [-0.25, -0.2) is 0 Å². The van der Waals surface area contributed by atoms with Gasteiger partial charge in [-0.3, -0.25) is 0 Å². The normalized spacial score (nSPS) is 12.6. The molecule has 14 heavy (non-hydrogen) atoms. The molecule has 0 spiro atoms. The summed E-state index contributed by atoms with van der Waals surface area (Å²) in [5, 5.41) is 9.15. The van der Waals surface area contributed by atoms with Gasteiger partial charge in [-0.15, -0.1) is 0 Å². The van der Waals surface area contributed by atoms with E-state index in [2.05, 4.69) is 15.9 Å². The van der Waals surface area contributed by atoms with Gasteiger partial charge in [0.05, 0.1) is 17.7 Å². The zero-order chi connectivity index (χ0) is 10.6. The average Bonchev–Trinajstić information content (AvgIpc) is 2.15. The van der Waals surface area contributed by atoms with Gasteiger partial charge in [0, 0.05) is 0 Å². The molecular formula is C11H15BrO2. The summed E-state index contributed by atoms with van der Waals surface area (Å²) >= 11 is 3.43. The Morgan fingerprint density at radius 1 is 1.50 bits per heavy atom. The zero-order valence-electron chi connectivity index (χ0n) is 8.46. The molecule has 0 aliphatic heterocycles. The highest BCUT2D eigenvalue weighted by molar-refractivity contribution is 9.10. The van der Waals surface area contributed by atoms with Gasteiger partial charge in [0.25, 0.3) is 0 Å². The van der Waals surface area contributed by atoms with E-state index < -0.39 is 0 Å². The summed E-state index contributed by atoms with van der Waals surface area (Å²) in [6.07, 6.45) is 1.44. The van der Waals surface area contributed by atoms with Crippen LogP contribution in [-0.4, -0.2) is 18.3 Å². The largest absolute Gasteiger partial charge is 0.496 e. The lowest BCUT2D eigenvalue weighted by molar-refractivity contribution is 0.185. The highest BCUT2D eigenvalue weighted by Gasteiger charge is 2.02. The standard InChI is InChI=1S/C11H15BrO2/c1-8(13)3-4-9-5-6-11(14-2)10(12)7-9/h5-8,13H,3-4H2,1-2H3/t8-/m0/s1. The molecule has 0 radical (unpaired) electrons. The minimum atomic E-state index is -0.240. The Bertz CT molecular complexity index is 297. The molecule has 2 nitrogen and oxygen atoms in total. The Morgan fingerprint density at radius 2 is 2.21 bits per heavy atom. The molecule has 1 aromatic carbocycles. The van der Waals surface area contributed by atoms with Gasteiger partial charge in [0.1, 0.15) is 5.75 Å². The lowest BCUT2D eigenvalue weighted by Crippen LogP contribution is -2.01. The maximum Gasteiger partial charge on any atom is 0.133 e. The van der Waals surface area contributed by atoms with Gasteiger partial charge < -0.3 is 9.84 Å². The molecule has 0 aliphatic carbocycles. The van der Waals surface area contributed by atoms with Crippen molar-refractivity contribution in [3.63, 3.8) is 0 Å². The van der Waals surface area contributed by atoms with Crippen molar-refractivity contribution >= 4 is 15.9 Å². The maximum atomic E-state index is 9.15. The average molecular weight is 259 g/mol. The van der Waals surface area contributed by atoms with E-state index in [1.165, 1.54) is 5.56 Å². The van der Waals surface area contributed by atoms with Crippen LogP contribution in [0.15, 0.2) is 22.7 Å². The number of ether oxygens (including phenoxy) is 1. The van der Waals surface area contributed by atoms with Gasteiger partial charge >= 0.3 is 0 Å². The van der Waals surface area contributed by atoms with Crippen molar-refractivity contribution in [2.75, 3.05) is 7.11 Å². The van der Waals surface area contributed by atoms with Crippen molar-refractivity contribution in [1.29, 1.82) is 0 Å². The topological polar surface area (TPSA) is 29.5 Å². The predicted molar refractivity (Wildman–Crippen MR) is 60.7 cm³/mol. The van der Waals surface area contributed by atoms with Crippen LogP contribution in [0.2, 0.25) is 0 Å². The van der Waals surface area contributed by atoms with Crippen LogP contribution in [0.1, 0.15) is 18.9 Å². The van der Waals surface area contributed by atoms with Crippen LogP contribution in [0.25, 0.3) is 0 Å². The van der Waals surface area contributed by atoms with Crippen molar-refractivity contribution in [1.82, 2.24) is 0 Å². The summed E-state index contributed by atoms with van der Waals surface area (Å²) in [5.74, 6) is 0.839. The number of aliphatic hydroxyl groups excluding tert-OH is 1. The van der Waals surface area contributed by atoms with E-state index in [4.69, 9.17) is 9.84 Å². The fourth-order valence-electron chi connectivity index (χ4n) is 1.24. The fourth-order valence-corrected chi connectivity index (χ4v) is 1.83. The highest BCUT2D eigenvalue weighted by Crippen LogP contribution is 2.26. The Hall–Kier alpha value is -0.540. The molecule has 0 aliphatic rings. The maximum absolute atomic E-state index is 9.15. The van der Waals surface area contributed by atoms with Crippen LogP contribution in [0, 0.1) is 0 Å². The molecule has 1 rings (SSSR count). The number of hydrogen-bond donors (Lipinski definition) is 1. The molecule has 0 heterocycles. The first-order chi connectivity index (χ1) is 6.63. The third-order valence-corrected chi connectivity index (χ3v) is 2.69. The number of hydrogen-bond acceptors (Lipinski definition) is 2. The van der Waals surface area contributed by atoms with E-state index in [-0.39, 0.29) is 6.10 Å². The second-order valence-electron chi connectivity index (χ2n) is 3.36. The van der Waals surface area contributed by atoms with Crippen LogP contribution >= 0.6 is 15.9 Å². The lowest BCUT2D eigenvalue weighted by atomic mass is 10.1. The van der Waals surface area contributed by atoms with Crippen LogP contribution in [0.3, 0.4) is 0 Å². The fraction of sp³-hybridized carbons (Fsp3) is 0.455. The van der Waals surface area contributed by atoms with Crippen LogP contribution in [-0.2, 0) is 6.42 Å². The minimum Gasteiger partial charge on any atom is -0.496 e. The smallest absolute Gasteiger partial charge is 0.133 e. The number of aryl methyl sites for hydroxylation is 1. The minimum absolute atomic E-state index is 0.240. The van der Waals surface area contributed by atoms with E-state index in [1.807, 2.05) is 18.2 Å². The van der Waals surface area contributed by atoms with Crippen LogP contribution in [0.5, 0.6) is 5.75 Å². The van der Waals surface area contributed by atoms with E-state index in [0.29, 0.717) is 0 Å². The van der Waals surface area contributed by atoms with Gasteiger partial charge in [0.2, 0.25) is 0 Å². The zero-order valence-corrected chi connectivity index (χ0v) is 10.0. The number of halogens is 1. The van der Waals surface area contributed by atoms with Gasteiger partial charge in [-0.2, -0.15) is 0 Å². The van der Waals surface area contributed by atoms with Crippen molar-refractivity contribution in [2.45, 2.75) is 25.9 Å². The second-order valence-corrected chi connectivity index (χ2v) is 4.21. The molecule has 1 atom stereocenters. The first kappa shape index (κ1) is 11.5. The van der Waals surface area contributed by atoms with Crippen LogP contribution in [0.4, 0.5) is 0 Å². The molecule has 0 saturated carbocycles. The number of aliphatic hydroxyl groups is 1. The highest BCUT2D eigenvalue weighted by atomic mass is 79.9. The summed E-state index contributed by atoms with van der Waals surface area (Å²) in [5.41, 5.74) is 1.21. The molecular weight excluding hydrogens is 244 g/mol. The molecule has 1 aromatic rings. The van der Waals surface area contributed by atoms with E-state index in [1.54, 1.807) is 14.0 Å². The Balaban J connectivity index is 2.66. The summed E-state index contributed by atoms with van der Waals surface area (Å²) in [6, 6.07) is 5.98. The SMILES string of the molecule is COc1ccc(CC[C@H](C)O)cc1Br. The molecule has 1 N–H and O–H groups in total.